The zero-order chi connectivity index (χ0) is 18.1. The molecule has 132 valence electrons. The lowest BCUT2D eigenvalue weighted by molar-refractivity contribution is -0.137. The van der Waals surface area contributed by atoms with E-state index in [0.29, 0.717) is 6.42 Å². The Balaban J connectivity index is 1.98. The van der Waals surface area contributed by atoms with E-state index >= 15 is 0 Å². The number of alkyl halides is 3. The molecule has 0 saturated heterocycles. The van der Waals surface area contributed by atoms with E-state index in [1.54, 1.807) is 0 Å². The molecule has 0 aromatic heterocycles. The Kier molecular flexibility index (Phi) is 5.42. The minimum Gasteiger partial charge on any atom is -0.353 e. The fraction of sp³-hybridized carbons (Fsp3) is 0.500. The molecule has 1 saturated carbocycles. The largest absolute Gasteiger partial charge is 0.417 e. The molecule has 3 unspecified atom stereocenters. The molecule has 1 fully saturated rings. The van der Waals surface area contributed by atoms with Crippen LogP contribution in [0.2, 0.25) is 5.02 Å². The van der Waals surface area contributed by atoms with Crippen LogP contribution >= 0.6 is 11.6 Å². The first kappa shape index (κ1) is 18.6. The van der Waals surface area contributed by atoms with Gasteiger partial charge in [-0.1, -0.05) is 18.5 Å². The lowest BCUT2D eigenvalue weighted by Crippen LogP contribution is -2.34. The molecule has 1 aliphatic rings. The van der Waals surface area contributed by atoms with Gasteiger partial charge in [-0.3, -0.25) is 9.59 Å². The maximum Gasteiger partial charge on any atom is 0.417 e. The summed E-state index contributed by atoms with van der Waals surface area (Å²) in [5.41, 5.74) is -1.01. The van der Waals surface area contributed by atoms with Gasteiger partial charge in [0.2, 0.25) is 11.8 Å². The van der Waals surface area contributed by atoms with Gasteiger partial charge in [-0.2, -0.15) is 13.2 Å². The lowest BCUT2D eigenvalue weighted by Gasteiger charge is -2.12. The summed E-state index contributed by atoms with van der Waals surface area (Å²) in [6.07, 6.45) is -3.43. The first-order chi connectivity index (χ1) is 11.1. The molecule has 1 aromatic rings. The predicted octanol–water partition coefficient (Wildman–Crippen LogP) is 3.85. The van der Waals surface area contributed by atoms with Crippen molar-refractivity contribution >= 4 is 29.1 Å². The van der Waals surface area contributed by atoms with Gasteiger partial charge in [-0.15, -0.1) is 0 Å². The Bertz CT molecular complexity index is 649. The number of benzene rings is 1. The number of anilines is 1. The molecule has 0 bridgehead atoms. The van der Waals surface area contributed by atoms with E-state index in [1.807, 2.05) is 13.8 Å². The Hall–Kier alpha value is -1.76. The molecular weight excluding hydrogens is 345 g/mol. The topological polar surface area (TPSA) is 58.2 Å². The van der Waals surface area contributed by atoms with Crippen molar-refractivity contribution in [3.63, 3.8) is 0 Å². The van der Waals surface area contributed by atoms with Gasteiger partial charge in [-0.05, 0) is 38.0 Å². The van der Waals surface area contributed by atoms with Crippen LogP contribution in [-0.2, 0) is 15.8 Å². The summed E-state index contributed by atoms with van der Waals surface area (Å²) in [5, 5.41) is 4.78. The summed E-state index contributed by atoms with van der Waals surface area (Å²) in [6, 6.07) is 3.19. The van der Waals surface area contributed by atoms with Gasteiger partial charge in [0.1, 0.15) is 0 Å². The van der Waals surface area contributed by atoms with Crippen LogP contribution in [0.4, 0.5) is 18.9 Å². The Labute approximate surface area is 142 Å². The second kappa shape index (κ2) is 7.01. The van der Waals surface area contributed by atoms with Crippen molar-refractivity contribution in [1.29, 1.82) is 0 Å². The number of carbonyl (C=O) groups excluding carboxylic acids is 2. The molecule has 0 aliphatic heterocycles. The summed E-state index contributed by atoms with van der Waals surface area (Å²) in [6.45, 7) is 3.79. The van der Waals surface area contributed by atoms with Crippen molar-refractivity contribution in [3.05, 3.63) is 28.8 Å². The van der Waals surface area contributed by atoms with Gasteiger partial charge in [0, 0.05) is 11.7 Å². The SMILES string of the molecule is CCC(C)NC(=O)C1CC1C(=O)Nc1ccc(Cl)c(C(F)(F)F)c1. The summed E-state index contributed by atoms with van der Waals surface area (Å²) in [5.74, 6) is -1.60. The fourth-order valence-electron chi connectivity index (χ4n) is 2.28. The zero-order valence-corrected chi connectivity index (χ0v) is 14.0. The average Bonchev–Trinajstić information content (AvgIpc) is 3.28. The molecule has 0 spiro atoms. The van der Waals surface area contributed by atoms with Gasteiger partial charge in [0.25, 0.3) is 0 Å². The normalized spacial score (nSPS) is 21.1. The van der Waals surface area contributed by atoms with Crippen LogP contribution in [0.5, 0.6) is 0 Å². The fourth-order valence-corrected chi connectivity index (χ4v) is 2.51. The molecule has 0 heterocycles. The first-order valence-corrected chi connectivity index (χ1v) is 7.99. The molecule has 3 atom stereocenters. The van der Waals surface area contributed by atoms with Gasteiger partial charge >= 0.3 is 6.18 Å². The quantitative estimate of drug-likeness (QED) is 0.836. The van der Waals surface area contributed by atoms with E-state index in [4.69, 9.17) is 11.6 Å². The smallest absolute Gasteiger partial charge is 0.353 e. The number of amides is 2. The standard InChI is InChI=1S/C16H18ClF3N2O2/c1-3-8(2)21-14(23)10-7-11(10)15(24)22-9-4-5-13(17)12(6-9)16(18,19)20/h4-6,8,10-11H,3,7H2,1-2H3,(H,21,23)(H,22,24). The number of halogens is 4. The highest BCUT2D eigenvalue weighted by atomic mass is 35.5. The van der Waals surface area contributed by atoms with Crippen LogP contribution in [0.25, 0.3) is 0 Å². The van der Waals surface area contributed by atoms with Crippen LogP contribution in [-0.4, -0.2) is 17.9 Å². The Morgan fingerprint density at radius 2 is 1.92 bits per heavy atom. The monoisotopic (exact) mass is 362 g/mol. The predicted molar refractivity (Wildman–Crippen MR) is 84.6 cm³/mol. The molecule has 2 N–H and O–H groups in total. The number of rotatable bonds is 5. The molecule has 1 aromatic carbocycles. The Morgan fingerprint density at radius 3 is 2.50 bits per heavy atom. The van der Waals surface area contributed by atoms with Crippen LogP contribution in [0.1, 0.15) is 32.3 Å². The van der Waals surface area contributed by atoms with E-state index in [-0.39, 0.29) is 17.6 Å². The maximum absolute atomic E-state index is 12.8. The minimum absolute atomic E-state index is 0.00436. The average molecular weight is 363 g/mol. The third-order valence-electron chi connectivity index (χ3n) is 4.00. The molecule has 4 nitrogen and oxygen atoms in total. The number of hydrogen-bond acceptors (Lipinski definition) is 2. The van der Waals surface area contributed by atoms with Crippen molar-refractivity contribution in [2.75, 3.05) is 5.32 Å². The third-order valence-corrected chi connectivity index (χ3v) is 4.33. The van der Waals surface area contributed by atoms with Crippen molar-refractivity contribution in [3.8, 4) is 0 Å². The van der Waals surface area contributed by atoms with Gasteiger partial charge in [0.15, 0.2) is 0 Å². The van der Waals surface area contributed by atoms with E-state index in [0.717, 1.165) is 18.6 Å². The zero-order valence-electron chi connectivity index (χ0n) is 13.2. The molecule has 24 heavy (non-hydrogen) atoms. The number of carbonyl (C=O) groups is 2. The molecule has 8 heteroatoms. The van der Waals surface area contributed by atoms with Crippen LogP contribution in [0.15, 0.2) is 18.2 Å². The Morgan fingerprint density at radius 1 is 1.29 bits per heavy atom. The lowest BCUT2D eigenvalue weighted by atomic mass is 10.2. The summed E-state index contributed by atoms with van der Waals surface area (Å²) < 4.78 is 38.4. The molecule has 1 aliphatic carbocycles. The maximum atomic E-state index is 12.8. The van der Waals surface area contributed by atoms with Crippen molar-refractivity contribution < 1.29 is 22.8 Å². The van der Waals surface area contributed by atoms with E-state index < -0.39 is 34.5 Å². The second-order valence-electron chi connectivity index (χ2n) is 5.95. The number of hydrogen-bond donors (Lipinski definition) is 2. The van der Waals surface area contributed by atoms with Crippen LogP contribution in [0.3, 0.4) is 0 Å². The van der Waals surface area contributed by atoms with E-state index in [2.05, 4.69) is 10.6 Å². The van der Waals surface area contributed by atoms with Gasteiger partial charge < -0.3 is 10.6 Å². The van der Waals surface area contributed by atoms with Gasteiger partial charge in [-0.25, -0.2) is 0 Å². The highest BCUT2D eigenvalue weighted by Crippen LogP contribution is 2.40. The highest BCUT2D eigenvalue weighted by Gasteiger charge is 2.48. The van der Waals surface area contributed by atoms with Crippen LogP contribution in [0, 0.1) is 11.8 Å². The van der Waals surface area contributed by atoms with Gasteiger partial charge in [0.05, 0.1) is 22.4 Å². The minimum atomic E-state index is -4.60. The highest BCUT2D eigenvalue weighted by molar-refractivity contribution is 6.31. The van der Waals surface area contributed by atoms with Crippen molar-refractivity contribution in [2.24, 2.45) is 11.8 Å². The van der Waals surface area contributed by atoms with Crippen LogP contribution < -0.4 is 10.6 Å². The summed E-state index contributed by atoms with van der Waals surface area (Å²) in [7, 11) is 0. The van der Waals surface area contributed by atoms with E-state index in [1.165, 1.54) is 6.07 Å². The summed E-state index contributed by atoms with van der Waals surface area (Å²) in [4.78, 5) is 24.0. The summed E-state index contributed by atoms with van der Waals surface area (Å²) >= 11 is 5.53. The number of nitrogens with one attached hydrogen (secondary N) is 2. The second-order valence-corrected chi connectivity index (χ2v) is 6.36. The first-order valence-electron chi connectivity index (χ1n) is 7.61. The molecule has 2 rings (SSSR count). The molecule has 0 radical (unpaired) electrons. The van der Waals surface area contributed by atoms with Crippen molar-refractivity contribution in [2.45, 2.75) is 38.9 Å². The molecular formula is C16H18ClF3N2O2. The van der Waals surface area contributed by atoms with Crippen molar-refractivity contribution in [1.82, 2.24) is 5.32 Å². The molecule has 2 amide bonds. The van der Waals surface area contributed by atoms with E-state index in [9.17, 15) is 22.8 Å². The third kappa shape index (κ3) is 4.41.